The summed E-state index contributed by atoms with van der Waals surface area (Å²) in [6.45, 7) is -1.37. The predicted octanol–water partition coefficient (Wildman–Crippen LogP) is 6.28. The van der Waals surface area contributed by atoms with Crippen LogP contribution in [0.15, 0.2) is 85.1 Å². The number of fused-ring (bicyclic) bond motifs is 1. The van der Waals surface area contributed by atoms with Crippen LogP contribution in [-0.4, -0.2) is 58.1 Å². The molecule has 2 heterocycles. The van der Waals surface area contributed by atoms with Crippen LogP contribution in [0, 0.1) is 5.82 Å². The van der Waals surface area contributed by atoms with Crippen molar-refractivity contribution in [3.63, 3.8) is 0 Å². The Hall–Kier alpha value is -5.26. The zero-order valence-electron chi connectivity index (χ0n) is 23.7. The first kappa shape index (κ1) is 30.2. The van der Waals surface area contributed by atoms with Crippen LogP contribution in [0.5, 0.6) is 5.75 Å². The lowest BCUT2D eigenvalue weighted by molar-refractivity contribution is -0.138. The van der Waals surface area contributed by atoms with Crippen molar-refractivity contribution in [3.8, 4) is 16.9 Å². The van der Waals surface area contributed by atoms with Crippen LogP contribution >= 0.6 is 0 Å². The Kier molecular flexibility index (Phi) is 8.61. The Morgan fingerprint density at radius 1 is 0.909 bits per heavy atom. The molecule has 3 aromatic carbocycles. The maximum absolute atomic E-state index is 13.1. The quantitative estimate of drug-likeness (QED) is 0.189. The van der Waals surface area contributed by atoms with Crippen LogP contribution in [0.25, 0.3) is 16.8 Å². The fourth-order valence-corrected chi connectivity index (χ4v) is 4.65. The molecule has 226 valence electrons. The third-order valence-corrected chi connectivity index (χ3v) is 6.79. The maximum atomic E-state index is 13.1. The Balaban J connectivity index is 1.26. The van der Waals surface area contributed by atoms with Gasteiger partial charge in [0.15, 0.2) is 5.65 Å². The molecule has 0 aliphatic rings. The molecule has 0 bridgehead atoms. The molecule has 8 nitrogen and oxygen atoms in total. The van der Waals surface area contributed by atoms with Gasteiger partial charge >= 0.3 is 6.18 Å². The summed E-state index contributed by atoms with van der Waals surface area (Å²) < 4.78 is 58.2. The van der Waals surface area contributed by atoms with Crippen LogP contribution in [-0.2, 0) is 17.6 Å². The normalized spacial score (nSPS) is 11.4. The van der Waals surface area contributed by atoms with E-state index in [2.05, 4.69) is 15.4 Å². The summed E-state index contributed by atoms with van der Waals surface area (Å²) in [4.78, 5) is 30.0. The number of nitrogens with one attached hydrogen (secondary N) is 1. The number of ether oxygens (including phenoxy) is 1. The lowest BCUT2D eigenvalue weighted by Crippen LogP contribution is -2.35. The van der Waals surface area contributed by atoms with E-state index in [0.717, 1.165) is 29.3 Å². The number of anilines is 2. The van der Waals surface area contributed by atoms with Crippen molar-refractivity contribution < 1.29 is 31.9 Å². The van der Waals surface area contributed by atoms with E-state index in [9.17, 15) is 27.2 Å². The molecule has 0 unspecified atom stereocenters. The molecule has 0 spiro atoms. The van der Waals surface area contributed by atoms with Crippen molar-refractivity contribution in [3.05, 3.63) is 108 Å². The zero-order chi connectivity index (χ0) is 31.4. The highest BCUT2D eigenvalue weighted by Crippen LogP contribution is 2.29. The minimum Gasteiger partial charge on any atom is -0.495 e. The molecular formula is C32H27F4N5O3. The Bertz CT molecular complexity index is 1800. The Morgan fingerprint density at radius 2 is 1.55 bits per heavy atom. The third-order valence-electron chi connectivity index (χ3n) is 6.79. The molecule has 2 aromatic heterocycles. The van der Waals surface area contributed by atoms with E-state index in [-0.39, 0.29) is 41.7 Å². The van der Waals surface area contributed by atoms with Crippen molar-refractivity contribution in [2.75, 3.05) is 26.0 Å². The van der Waals surface area contributed by atoms with Crippen LogP contribution < -0.4 is 10.1 Å². The fourth-order valence-electron chi connectivity index (χ4n) is 4.65. The lowest BCUT2D eigenvalue weighted by atomic mass is 10.0. The number of Topliss-reactive ketones (excluding diaryl/α,β-unsaturated/α-hetero) is 1. The molecule has 0 fully saturated rings. The van der Waals surface area contributed by atoms with Crippen LogP contribution in [0.4, 0.5) is 29.2 Å². The van der Waals surface area contributed by atoms with Gasteiger partial charge in [-0.05, 0) is 59.2 Å². The molecule has 12 heteroatoms. The summed E-state index contributed by atoms with van der Waals surface area (Å²) in [5, 5.41) is 7.50. The first-order chi connectivity index (χ1) is 21.0. The molecule has 44 heavy (non-hydrogen) atoms. The summed E-state index contributed by atoms with van der Waals surface area (Å²) in [7, 11) is 2.46. The van der Waals surface area contributed by atoms with Gasteiger partial charge in [0.25, 0.3) is 5.91 Å². The van der Waals surface area contributed by atoms with Gasteiger partial charge < -0.3 is 15.0 Å². The second-order valence-electron chi connectivity index (χ2n) is 10.2. The van der Waals surface area contributed by atoms with Gasteiger partial charge in [0.05, 0.1) is 12.8 Å². The summed E-state index contributed by atoms with van der Waals surface area (Å²) in [6, 6.07) is 21.4. The molecule has 5 rings (SSSR count). The van der Waals surface area contributed by atoms with Gasteiger partial charge in [-0.2, -0.15) is 18.2 Å². The van der Waals surface area contributed by atoms with E-state index in [4.69, 9.17) is 4.74 Å². The molecule has 0 aliphatic carbocycles. The van der Waals surface area contributed by atoms with Crippen LogP contribution in [0.3, 0.4) is 0 Å². The number of alkyl halides is 3. The number of methoxy groups -OCH3 is 1. The topological polar surface area (TPSA) is 88.8 Å². The van der Waals surface area contributed by atoms with Crippen molar-refractivity contribution in [1.82, 2.24) is 19.5 Å². The monoisotopic (exact) mass is 605 g/mol. The highest BCUT2D eigenvalue weighted by molar-refractivity contribution is 5.95. The van der Waals surface area contributed by atoms with Gasteiger partial charge in [0.1, 0.15) is 23.9 Å². The summed E-state index contributed by atoms with van der Waals surface area (Å²) in [6.07, 6.45) is -2.22. The van der Waals surface area contributed by atoms with Crippen molar-refractivity contribution in [2.24, 2.45) is 0 Å². The number of ketones is 1. The van der Waals surface area contributed by atoms with Gasteiger partial charge in [0.2, 0.25) is 5.95 Å². The maximum Gasteiger partial charge on any atom is 0.406 e. The van der Waals surface area contributed by atoms with Crippen LogP contribution in [0.2, 0.25) is 0 Å². The largest absolute Gasteiger partial charge is 0.495 e. The lowest BCUT2D eigenvalue weighted by Gasteiger charge is -2.19. The molecule has 0 aliphatic heterocycles. The number of aromatic nitrogens is 3. The Morgan fingerprint density at radius 3 is 2.18 bits per heavy atom. The van der Waals surface area contributed by atoms with E-state index in [1.54, 1.807) is 28.9 Å². The first-order valence-corrected chi connectivity index (χ1v) is 13.5. The van der Waals surface area contributed by atoms with Crippen molar-refractivity contribution in [1.29, 1.82) is 0 Å². The highest BCUT2D eigenvalue weighted by atomic mass is 19.4. The van der Waals surface area contributed by atoms with Gasteiger partial charge in [-0.15, -0.1) is 5.10 Å². The summed E-state index contributed by atoms with van der Waals surface area (Å²) >= 11 is 0. The Labute approximate surface area is 249 Å². The minimum absolute atomic E-state index is 0.0279. The number of hydrogen-bond acceptors (Lipinski definition) is 6. The second kappa shape index (κ2) is 12.5. The molecule has 0 radical (unpaired) electrons. The first-order valence-electron chi connectivity index (χ1n) is 13.5. The molecule has 0 atom stereocenters. The van der Waals surface area contributed by atoms with E-state index in [1.165, 1.54) is 37.4 Å². The van der Waals surface area contributed by atoms with Gasteiger partial charge in [-0.3, -0.25) is 9.59 Å². The number of halogens is 4. The number of rotatable bonds is 10. The van der Waals surface area contributed by atoms with Gasteiger partial charge in [-0.25, -0.2) is 8.91 Å². The number of hydrogen-bond donors (Lipinski definition) is 1. The second-order valence-corrected chi connectivity index (χ2v) is 10.2. The molecular weight excluding hydrogens is 578 g/mol. The number of carbonyl (C=O) groups excluding carboxylic acids is 2. The van der Waals surface area contributed by atoms with Gasteiger partial charge in [-0.1, -0.05) is 36.4 Å². The average Bonchev–Trinajstić information content (AvgIpc) is 3.39. The standard InChI is InChI=1S/C32H27F4N5O3/c1-40(19-32(34,35)36)30(43)23-9-13-27(28(17-23)44-2)37-31-38-29-14-10-24(18-41(29)39-31)22-7-3-20(4-8-22)15-26(42)16-21-5-11-25(33)12-6-21/h3-14,17-18H,15-16,19H2,1-2H3,(H,37,39). The molecule has 5 aromatic rings. The van der Waals surface area contributed by atoms with E-state index in [1.807, 2.05) is 30.3 Å². The zero-order valence-corrected chi connectivity index (χ0v) is 23.7. The van der Waals surface area contributed by atoms with Gasteiger partial charge in [0, 0.05) is 37.2 Å². The number of pyridine rings is 1. The summed E-state index contributed by atoms with van der Waals surface area (Å²) in [5.74, 6) is -0.639. The molecule has 1 N–H and O–H groups in total. The van der Waals surface area contributed by atoms with E-state index >= 15 is 0 Å². The number of amides is 1. The fraction of sp³-hybridized carbons (Fsp3) is 0.188. The number of carbonyl (C=O) groups is 2. The predicted molar refractivity (Wildman–Crippen MR) is 157 cm³/mol. The third kappa shape index (κ3) is 7.38. The molecule has 0 saturated heterocycles. The SMILES string of the molecule is COc1cc(C(=O)N(C)CC(F)(F)F)ccc1Nc1nc2ccc(-c3ccc(CC(=O)Cc4ccc(F)cc4)cc3)cn2n1. The molecule has 1 amide bonds. The van der Waals surface area contributed by atoms with Crippen LogP contribution in [0.1, 0.15) is 21.5 Å². The molecule has 0 saturated carbocycles. The average molecular weight is 606 g/mol. The number of benzene rings is 3. The van der Waals surface area contributed by atoms with Crippen molar-refractivity contribution >= 4 is 29.0 Å². The minimum atomic E-state index is -4.51. The van der Waals surface area contributed by atoms with E-state index in [0.29, 0.717) is 16.2 Å². The van der Waals surface area contributed by atoms with E-state index < -0.39 is 18.6 Å². The number of nitrogens with zero attached hydrogens (tertiary/aromatic N) is 4. The van der Waals surface area contributed by atoms with Crippen molar-refractivity contribution in [2.45, 2.75) is 19.0 Å². The highest BCUT2D eigenvalue weighted by Gasteiger charge is 2.31. The summed E-state index contributed by atoms with van der Waals surface area (Å²) in [5.41, 5.74) is 4.41. The smallest absolute Gasteiger partial charge is 0.406 e.